The molecule has 0 aliphatic rings. The summed E-state index contributed by atoms with van der Waals surface area (Å²) in [7, 11) is 4.31. The molecule has 29 heavy (non-hydrogen) atoms. The van der Waals surface area contributed by atoms with Crippen molar-refractivity contribution in [3.05, 3.63) is 48.0 Å². The maximum Gasteiger partial charge on any atom is 0.338 e. The predicted molar refractivity (Wildman–Crippen MR) is 104 cm³/mol. The second-order valence-corrected chi connectivity index (χ2v) is 5.83. The number of methoxy groups -OCH3 is 2. The van der Waals surface area contributed by atoms with Gasteiger partial charge in [-0.3, -0.25) is 9.59 Å². The molecule has 9 heteroatoms. The fourth-order valence-corrected chi connectivity index (χ4v) is 2.39. The maximum atomic E-state index is 12.4. The lowest BCUT2D eigenvalue weighted by Crippen LogP contribution is -2.31. The second kappa shape index (κ2) is 9.98. The van der Waals surface area contributed by atoms with E-state index in [-0.39, 0.29) is 22.8 Å². The molecule has 154 valence electrons. The Hall–Kier alpha value is -3.75. The molecule has 0 bridgehead atoms. The zero-order chi connectivity index (χ0) is 21.4. The number of likely N-dealkylation sites (N-methyl/N-ethyl adjacent to an activating group) is 1. The van der Waals surface area contributed by atoms with Crippen LogP contribution in [0.5, 0.6) is 17.2 Å². The lowest BCUT2D eigenvalue weighted by Gasteiger charge is -2.17. The van der Waals surface area contributed by atoms with Gasteiger partial charge in [-0.1, -0.05) is 18.2 Å². The minimum Gasteiger partial charge on any atom is -0.493 e. The van der Waals surface area contributed by atoms with Crippen LogP contribution < -0.4 is 24.8 Å². The number of benzene rings is 2. The van der Waals surface area contributed by atoms with E-state index in [0.29, 0.717) is 5.69 Å². The van der Waals surface area contributed by atoms with E-state index in [4.69, 9.17) is 24.7 Å². The Kier molecular flexibility index (Phi) is 7.41. The van der Waals surface area contributed by atoms with Gasteiger partial charge < -0.3 is 29.6 Å². The Morgan fingerprint density at radius 3 is 2.07 bits per heavy atom. The van der Waals surface area contributed by atoms with Gasteiger partial charge in [0.15, 0.2) is 24.7 Å². The zero-order valence-corrected chi connectivity index (χ0v) is 16.3. The molecular formula is C20H22N2O7. The van der Waals surface area contributed by atoms with Gasteiger partial charge in [-0.25, -0.2) is 4.79 Å². The van der Waals surface area contributed by atoms with E-state index >= 15 is 0 Å². The smallest absolute Gasteiger partial charge is 0.338 e. The van der Waals surface area contributed by atoms with Gasteiger partial charge in [0, 0.05) is 12.7 Å². The average Bonchev–Trinajstić information content (AvgIpc) is 2.74. The lowest BCUT2D eigenvalue weighted by atomic mass is 10.2. The number of hydrogen-bond acceptors (Lipinski definition) is 7. The molecule has 2 aromatic rings. The van der Waals surface area contributed by atoms with Crippen LogP contribution in [0.25, 0.3) is 0 Å². The molecular weight excluding hydrogens is 380 g/mol. The first-order valence-electron chi connectivity index (χ1n) is 8.53. The monoisotopic (exact) mass is 402 g/mol. The highest BCUT2D eigenvalue weighted by atomic mass is 16.5. The summed E-state index contributed by atoms with van der Waals surface area (Å²) in [5.74, 6) is -1.43. The van der Waals surface area contributed by atoms with Gasteiger partial charge in [0.25, 0.3) is 11.8 Å². The van der Waals surface area contributed by atoms with Gasteiger partial charge in [-0.05, 0) is 24.3 Å². The molecule has 0 heterocycles. The van der Waals surface area contributed by atoms with Crippen molar-refractivity contribution in [1.82, 2.24) is 0 Å². The van der Waals surface area contributed by atoms with Crippen LogP contribution in [0.1, 0.15) is 10.4 Å². The standard InChI is InChI=1S/C20H22N2O7/c1-22(14-7-5-4-6-8-14)18(24)12-29-20(25)13-9-15(26-2)19(16(10-13)27-3)28-11-17(21)23/h4-10H,11-12H2,1-3H3,(H2,21,23). The van der Waals surface area contributed by atoms with Gasteiger partial charge in [-0.2, -0.15) is 0 Å². The van der Waals surface area contributed by atoms with E-state index in [1.807, 2.05) is 6.07 Å². The largest absolute Gasteiger partial charge is 0.493 e. The summed E-state index contributed by atoms with van der Waals surface area (Å²) in [6.07, 6.45) is 0. The highest BCUT2D eigenvalue weighted by Crippen LogP contribution is 2.38. The number of esters is 1. The molecule has 2 rings (SSSR count). The molecule has 9 nitrogen and oxygen atoms in total. The number of carbonyl (C=O) groups is 3. The van der Waals surface area contributed by atoms with Crippen molar-refractivity contribution < 1.29 is 33.3 Å². The number of nitrogens with zero attached hydrogens (tertiary/aromatic N) is 1. The Labute approximate surface area is 167 Å². The number of primary amides is 1. The lowest BCUT2D eigenvalue weighted by molar-refractivity contribution is -0.121. The fourth-order valence-electron chi connectivity index (χ4n) is 2.39. The number of rotatable bonds is 9. The summed E-state index contributed by atoms with van der Waals surface area (Å²) in [5.41, 5.74) is 5.84. The Bertz CT molecular complexity index is 859. The summed E-state index contributed by atoms with van der Waals surface area (Å²) in [6, 6.07) is 11.7. The first-order chi connectivity index (χ1) is 13.9. The highest BCUT2D eigenvalue weighted by Gasteiger charge is 2.20. The van der Waals surface area contributed by atoms with Crippen molar-refractivity contribution in [2.24, 2.45) is 5.73 Å². The third-order valence-electron chi connectivity index (χ3n) is 3.90. The first-order valence-corrected chi connectivity index (χ1v) is 8.53. The Morgan fingerprint density at radius 1 is 0.966 bits per heavy atom. The molecule has 0 radical (unpaired) electrons. The molecule has 0 atom stereocenters. The molecule has 0 aliphatic carbocycles. The third-order valence-corrected chi connectivity index (χ3v) is 3.90. The minimum absolute atomic E-state index is 0.0836. The van der Waals surface area contributed by atoms with Crippen LogP contribution in [0.4, 0.5) is 5.69 Å². The SMILES string of the molecule is COc1cc(C(=O)OCC(=O)N(C)c2ccccc2)cc(OC)c1OCC(N)=O. The van der Waals surface area contributed by atoms with Crippen molar-refractivity contribution in [3.8, 4) is 17.2 Å². The molecule has 0 aromatic heterocycles. The van der Waals surface area contributed by atoms with E-state index in [1.165, 1.54) is 31.3 Å². The van der Waals surface area contributed by atoms with Crippen LogP contribution >= 0.6 is 0 Å². The fraction of sp³-hybridized carbons (Fsp3) is 0.250. The number of amides is 2. The maximum absolute atomic E-state index is 12.4. The van der Waals surface area contributed by atoms with Crippen molar-refractivity contribution in [1.29, 1.82) is 0 Å². The Balaban J connectivity index is 2.11. The zero-order valence-electron chi connectivity index (χ0n) is 16.3. The Morgan fingerprint density at radius 2 is 1.55 bits per heavy atom. The summed E-state index contributed by atoms with van der Waals surface area (Å²) in [6.45, 7) is -0.842. The molecule has 2 N–H and O–H groups in total. The van der Waals surface area contributed by atoms with Crippen LogP contribution in [0.15, 0.2) is 42.5 Å². The van der Waals surface area contributed by atoms with Crippen LogP contribution in [0.3, 0.4) is 0 Å². The molecule has 0 fully saturated rings. The third kappa shape index (κ3) is 5.61. The van der Waals surface area contributed by atoms with Crippen LogP contribution in [0, 0.1) is 0 Å². The number of ether oxygens (including phenoxy) is 4. The van der Waals surface area contributed by atoms with Crippen molar-refractivity contribution >= 4 is 23.5 Å². The second-order valence-electron chi connectivity index (χ2n) is 5.83. The van der Waals surface area contributed by atoms with Crippen LogP contribution in [0.2, 0.25) is 0 Å². The number of nitrogens with two attached hydrogens (primary N) is 1. The van der Waals surface area contributed by atoms with E-state index in [9.17, 15) is 14.4 Å². The van der Waals surface area contributed by atoms with E-state index in [2.05, 4.69) is 0 Å². The van der Waals surface area contributed by atoms with Crippen molar-refractivity contribution in [3.63, 3.8) is 0 Å². The number of anilines is 1. The molecule has 0 aliphatic heterocycles. The quantitative estimate of drug-likeness (QED) is 0.630. The predicted octanol–water partition coefficient (Wildman–Crippen LogP) is 1.39. The number of hydrogen-bond donors (Lipinski definition) is 1. The van der Waals surface area contributed by atoms with Crippen molar-refractivity contribution in [2.75, 3.05) is 39.4 Å². The van der Waals surface area contributed by atoms with Gasteiger partial charge in [0.05, 0.1) is 19.8 Å². The van der Waals surface area contributed by atoms with Crippen LogP contribution in [-0.2, 0) is 14.3 Å². The van der Waals surface area contributed by atoms with Gasteiger partial charge in [-0.15, -0.1) is 0 Å². The highest BCUT2D eigenvalue weighted by molar-refractivity contribution is 5.97. The van der Waals surface area contributed by atoms with Crippen molar-refractivity contribution in [2.45, 2.75) is 0 Å². The van der Waals surface area contributed by atoms with E-state index in [0.717, 1.165) is 0 Å². The van der Waals surface area contributed by atoms with E-state index < -0.39 is 31.0 Å². The molecule has 2 aromatic carbocycles. The number of para-hydroxylation sites is 1. The first kappa shape index (κ1) is 21.5. The molecule has 0 spiro atoms. The summed E-state index contributed by atoms with van der Waals surface area (Å²) in [5, 5.41) is 0. The van der Waals surface area contributed by atoms with Gasteiger partial charge in [0.2, 0.25) is 5.75 Å². The average molecular weight is 402 g/mol. The molecule has 0 saturated heterocycles. The summed E-state index contributed by atoms with van der Waals surface area (Å²) < 4.78 is 20.8. The summed E-state index contributed by atoms with van der Waals surface area (Å²) >= 11 is 0. The van der Waals surface area contributed by atoms with Crippen LogP contribution in [-0.4, -0.2) is 52.3 Å². The van der Waals surface area contributed by atoms with E-state index in [1.54, 1.807) is 31.3 Å². The van der Waals surface area contributed by atoms with Gasteiger partial charge >= 0.3 is 5.97 Å². The summed E-state index contributed by atoms with van der Waals surface area (Å²) in [4.78, 5) is 37.0. The number of carbonyl (C=O) groups excluding carboxylic acids is 3. The molecule has 0 saturated carbocycles. The minimum atomic E-state index is -0.752. The van der Waals surface area contributed by atoms with Gasteiger partial charge in [0.1, 0.15) is 0 Å². The molecule has 0 unspecified atom stereocenters. The normalized spacial score (nSPS) is 10.0. The molecule has 2 amide bonds. The topological polar surface area (TPSA) is 117 Å².